The third-order valence-electron chi connectivity index (χ3n) is 7.62. The highest BCUT2D eigenvalue weighted by Gasteiger charge is 2.57. The van der Waals surface area contributed by atoms with Crippen molar-refractivity contribution in [1.82, 2.24) is 4.57 Å². The number of benzene rings is 3. The summed E-state index contributed by atoms with van der Waals surface area (Å²) in [7, 11) is 3.06. The number of aromatic nitrogens is 1. The van der Waals surface area contributed by atoms with Crippen molar-refractivity contribution in [2.24, 2.45) is 5.92 Å². The van der Waals surface area contributed by atoms with Crippen LogP contribution in [0.4, 0.5) is 11.4 Å². The van der Waals surface area contributed by atoms with E-state index in [2.05, 4.69) is 21.2 Å². The number of ether oxygens (including phenoxy) is 2. The largest absolute Gasteiger partial charge is 0.493 e. The van der Waals surface area contributed by atoms with Gasteiger partial charge in [0.25, 0.3) is 0 Å². The van der Waals surface area contributed by atoms with Gasteiger partial charge >= 0.3 is 4.87 Å². The minimum atomic E-state index is -0.804. The molecule has 9 nitrogen and oxygen atoms in total. The molecule has 1 fully saturated rings. The predicted octanol–water partition coefficient (Wildman–Crippen LogP) is 5.43. The summed E-state index contributed by atoms with van der Waals surface area (Å²) in [5, 5.41) is 2.59. The van der Waals surface area contributed by atoms with Gasteiger partial charge in [0.15, 0.2) is 11.5 Å². The fourth-order valence-corrected chi connectivity index (χ4v) is 8.59. The summed E-state index contributed by atoms with van der Waals surface area (Å²) in [6.45, 7) is 1.65. The van der Waals surface area contributed by atoms with E-state index in [4.69, 9.17) is 9.47 Å². The number of carbonyl (C=O) groups is 3. The topological polar surface area (TPSA) is 107 Å². The van der Waals surface area contributed by atoms with Crippen molar-refractivity contribution < 1.29 is 23.9 Å². The molecule has 1 saturated heterocycles. The maximum absolute atomic E-state index is 14.1. The molecule has 3 heterocycles. The summed E-state index contributed by atoms with van der Waals surface area (Å²) < 4.78 is 13.2. The van der Waals surface area contributed by atoms with Gasteiger partial charge in [-0.2, -0.15) is 0 Å². The highest BCUT2D eigenvalue weighted by molar-refractivity contribution is 9.10. The quantitative estimate of drug-likeness (QED) is 0.260. The molecule has 2 unspecified atom stereocenters. The number of thiazole rings is 1. The van der Waals surface area contributed by atoms with Crippen LogP contribution >= 0.6 is 39.0 Å². The summed E-state index contributed by atoms with van der Waals surface area (Å²) in [5.41, 5.74) is 2.72. The normalized spacial score (nSPS) is 19.2. The van der Waals surface area contributed by atoms with Crippen LogP contribution in [0.5, 0.6) is 11.5 Å². The summed E-state index contributed by atoms with van der Waals surface area (Å²) in [6, 6.07) is 19.7. The molecular formula is C31H26BrN3O6S2. The number of carbonyl (C=O) groups excluding carboxylic acids is 3. The number of nitrogens with zero attached hydrogens (tertiary/aromatic N) is 2. The second-order valence-electron chi connectivity index (χ2n) is 10.1. The SMILES string of the molecule is COc1ccc([C@H]2c3sc(=O)n(CC(=O)Nc4ccccc4C)c3SC3C(=O)N(c4ccc(Br)cc4)C(=O)C32)cc1OC. The first-order chi connectivity index (χ1) is 20.7. The zero-order valence-corrected chi connectivity index (χ0v) is 26.5. The number of para-hydroxylation sites is 1. The maximum Gasteiger partial charge on any atom is 0.308 e. The van der Waals surface area contributed by atoms with Crippen molar-refractivity contribution in [1.29, 1.82) is 0 Å². The van der Waals surface area contributed by atoms with Gasteiger partial charge in [0, 0.05) is 21.0 Å². The molecule has 0 aliphatic carbocycles. The molecule has 3 atom stereocenters. The summed E-state index contributed by atoms with van der Waals surface area (Å²) >= 11 is 5.57. The second kappa shape index (κ2) is 11.7. The van der Waals surface area contributed by atoms with Crippen molar-refractivity contribution in [2.45, 2.75) is 29.7 Å². The number of fused-ring (bicyclic) bond motifs is 2. The zero-order chi connectivity index (χ0) is 30.4. The lowest BCUT2D eigenvalue weighted by atomic mass is 9.83. The van der Waals surface area contributed by atoms with Crippen LogP contribution in [0.1, 0.15) is 21.9 Å². The van der Waals surface area contributed by atoms with Gasteiger partial charge in [-0.25, -0.2) is 4.90 Å². The third-order valence-corrected chi connectivity index (χ3v) is 10.8. The molecule has 3 amide bonds. The Kier molecular flexibility index (Phi) is 7.92. The van der Waals surface area contributed by atoms with E-state index in [9.17, 15) is 19.2 Å². The number of aryl methyl sites for hydroxylation is 1. The fourth-order valence-electron chi connectivity index (χ4n) is 5.55. The molecule has 0 spiro atoms. The molecule has 1 aromatic heterocycles. The van der Waals surface area contributed by atoms with Gasteiger partial charge in [-0.3, -0.25) is 23.7 Å². The molecule has 3 aromatic carbocycles. The minimum Gasteiger partial charge on any atom is -0.493 e. The molecule has 0 bridgehead atoms. The van der Waals surface area contributed by atoms with Crippen LogP contribution in [-0.4, -0.2) is 41.8 Å². The minimum absolute atomic E-state index is 0.236. The Balaban J connectivity index is 1.44. The number of halogens is 1. The number of hydrogen-bond acceptors (Lipinski definition) is 8. The average molecular weight is 681 g/mol. The Hall–Kier alpha value is -3.87. The van der Waals surface area contributed by atoms with E-state index < -0.39 is 17.1 Å². The van der Waals surface area contributed by atoms with Gasteiger partial charge in [0.1, 0.15) is 11.8 Å². The van der Waals surface area contributed by atoms with Crippen LogP contribution in [0.3, 0.4) is 0 Å². The fraction of sp³-hybridized carbons (Fsp3) is 0.226. The molecule has 0 saturated carbocycles. The number of anilines is 2. The standard InChI is InChI=1S/C31H26BrN3O6S2/c1-16-6-4-5-7-20(16)33-23(36)15-34-30-27(43-31(34)39)24(17-8-13-21(40-2)22(14-17)41-3)25-26(42-30)29(38)35(28(25)37)19-11-9-18(32)10-12-19/h4-14,24-26H,15H2,1-3H3,(H,33,36)/t24-,25?,26?/m1/s1. The number of hydrogen-bond donors (Lipinski definition) is 1. The van der Waals surface area contributed by atoms with Crippen molar-refractivity contribution in [3.63, 3.8) is 0 Å². The molecule has 43 heavy (non-hydrogen) atoms. The van der Waals surface area contributed by atoms with Crippen molar-refractivity contribution in [3.05, 3.63) is 96.9 Å². The lowest BCUT2D eigenvalue weighted by molar-refractivity contribution is -0.122. The summed E-state index contributed by atoms with van der Waals surface area (Å²) in [5.74, 6) is -1.52. The smallest absolute Gasteiger partial charge is 0.308 e. The first-order valence-electron chi connectivity index (χ1n) is 13.3. The van der Waals surface area contributed by atoms with E-state index in [0.717, 1.165) is 21.4 Å². The Labute approximate surface area is 263 Å². The second-order valence-corrected chi connectivity index (χ2v) is 13.2. The number of nitrogens with one attached hydrogen (secondary N) is 1. The van der Waals surface area contributed by atoms with Gasteiger partial charge in [0.2, 0.25) is 17.7 Å². The van der Waals surface area contributed by atoms with Crippen LogP contribution in [0, 0.1) is 12.8 Å². The van der Waals surface area contributed by atoms with Crippen molar-refractivity contribution in [3.8, 4) is 11.5 Å². The van der Waals surface area contributed by atoms with Crippen LogP contribution in [-0.2, 0) is 20.9 Å². The number of methoxy groups -OCH3 is 2. The average Bonchev–Trinajstić information content (AvgIpc) is 3.44. The molecule has 2 aliphatic rings. The molecule has 12 heteroatoms. The van der Waals surface area contributed by atoms with Gasteiger partial charge in [-0.05, 0) is 60.5 Å². The zero-order valence-electron chi connectivity index (χ0n) is 23.3. The van der Waals surface area contributed by atoms with Crippen molar-refractivity contribution >= 4 is 68.1 Å². The predicted molar refractivity (Wildman–Crippen MR) is 170 cm³/mol. The first-order valence-corrected chi connectivity index (χ1v) is 15.8. The molecule has 220 valence electrons. The first kappa shape index (κ1) is 29.2. The summed E-state index contributed by atoms with van der Waals surface area (Å²) in [4.78, 5) is 56.1. The Bertz CT molecular complexity index is 1820. The van der Waals surface area contributed by atoms with Gasteiger partial charge < -0.3 is 14.8 Å². The van der Waals surface area contributed by atoms with Crippen LogP contribution < -0.4 is 24.6 Å². The van der Waals surface area contributed by atoms with E-state index in [-0.39, 0.29) is 29.1 Å². The highest BCUT2D eigenvalue weighted by atomic mass is 79.9. The maximum atomic E-state index is 14.1. The van der Waals surface area contributed by atoms with Gasteiger partial charge in [-0.15, -0.1) is 0 Å². The van der Waals surface area contributed by atoms with E-state index in [1.54, 1.807) is 42.5 Å². The molecular weight excluding hydrogens is 654 g/mol. The number of imide groups is 1. The van der Waals surface area contributed by atoms with Crippen LogP contribution in [0.15, 0.2) is 81.0 Å². The molecule has 0 radical (unpaired) electrons. The van der Waals surface area contributed by atoms with Crippen molar-refractivity contribution in [2.75, 3.05) is 24.4 Å². The Morgan fingerprint density at radius 1 is 0.953 bits per heavy atom. The highest BCUT2D eigenvalue weighted by Crippen LogP contribution is 2.54. The van der Waals surface area contributed by atoms with E-state index >= 15 is 0 Å². The Morgan fingerprint density at radius 3 is 2.37 bits per heavy atom. The molecule has 2 aliphatic heterocycles. The van der Waals surface area contributed by atoms with Gasteiger partial charge in [-0.1, -0.05) is 63.3 Å². The van der Waals surface area contributed by atoms with E-state index in [0.29, 0.717) is 38.3 Å². The number of rotatable bonds is 7. The van der Waals surface area contributed by atoms with E-state index in [1.807, 2.05) is 31.2 Å². The lowest BCUT2D eigenvalue weighted by Gasteiger charge is -2.31. The number of thioether (sulfide) groups is 1. The van der Waals surface area contributed by atoms with Gasteiger partial charge in [0.05, 0.1) is 30.9 Å². The summed E-state index contributed by atoms with van der Waals surface area (Å²) in [6.07, 6.45) is 0. The molecule has 1 N–H and O–H groups in total. The lowest BCUT2D eigenvalue weighted by Crippen LogP contribution is -2.33. The Morgan fingerprint density at radius 2 is 1.67 bits per heavy atom. The van der Waals surface area contributed by atoms with Crippen LogP contribution in [0.2, 0.25) is 0 Å². The van der Waals surface area contributed by atoms with E-state index in [1.165, 1.54) is 35.4 Å². The van der Waals surface area contributed by atoms with Crippen LogP contribution in [0.25, 0.3) is 0 Å². The third kappa shape index (κ3) is 5.17. The molecule has 6 rings (SSSR count). The molecule has 4 aromatic rings. The number of amides is 3. The monoisotopic (exact) mass is 679 g/mol.